The van der Waals surface area contributed by atoms with Gasteiger partial charge in [0.2, 0.25) is 5.82 Å². The molecule has 0 saturated carbocycles. The van der Waals surface area contributed by atoms with Gasteiger partial charge in [0.15, 0.2) is 46.3 Å². The summed E-state index contributed by atoms with van der Waals surface area (Å²) in [6, 6.07) is 7.19. The molecular weight excluding hydrogens is 743 g/mol. The van der Waals surface area contributed by atoms with E-state index in [2.05, 4.69) is 33.8 Å². The average molecular weight is 803 g/mol. The van der Waals surface area contributed by atoms with E-state index in [1.54, 1.807) is 32.3 Å². The van der Waals surface area contributed by atoms with Gasteiger partial charge in [-0.15, -0.1) is 0 Å². The Morgan fingerprint density at radius 3 is 1.56 bits per heavy atom. The van der Waals surface area contributed by atoms with Crippen molar-refractivity contribution in [3.8, 4) is 45.8 Å². The first-order chi connectivity index (χ1) is 27.7. The summed E-state index contributed by atoms with van der Waals surface area (Å²) < 4.78 is 90.8. The molecule has 2 unspecified atom stereocenters. The van der Waals surface area contributed by atoms with Crippen LogP contribution in [0.1, 0.15) is 118 Å². The summed E-state index contributed by atoms with van der Waals surface area (Å²) in [5, 5.41) is 0. The fraction of sp³-hybridized carbons (Fsp3) is 0.545. The van der Waals surface area contributed by atoms with Crippen molar-refractivity contribution in [2.75, 3.05) is 26.4 Å². The lowest BCUT2D eigenvalue weighted by atomic mass is 10.1. The van der Waals surface area contributed by atoms with E-state index in [1.807, 2.05) is 0 Å². The maximum Gasteiger partial charge on any atom is 0.201 e. The molecule has 4 rings (SSSR count). The number of alkyl halides is 2. The second-order valence-corrected chi connectivity index (χ2v) is 13.7. The van der Waals surface area contributed by atoms with Crippen molar-refractivity contribution in [2.24, 2.45) is 0 Å². The number of halogens is 5. The lowest BCUT2D eigenvalue weighted by Gasteiger charge is -2.11. The van der Waals surface area contributed by atoms with Crippen molar-refractivity contribution >= 4 is 0 Å². The van der Waals surface area contributed by atoms with Crippen LogP contribution < -0.4 is 18.9 Å². The second kappa shape index (κ2) is 27.1. The molecule has 2 aromatic heterocycles. The Labute approximate surface area is 335 Å². The smallest absolute Gasteiger partial charge is 0.201 e. The molecule has 2 aromatic carbocycles. The average Bonchev–Trinajstić information content (AvgIpc) is 3.23. The molecule has 2 heterocycles. The van der Waals surface area contributed by atoms with E-state index < -0.39 is 29.8 Å². The molecule has 0 N–H and O–H groups in total. The summed E-state index contributed by atoms with van der Waals surface area (Å²) in [6.45, 7) is 8.52. The van der Waals surface area contributed by atoms with Gasteiger partial charge in [0, 0.05) is 5.56 Å². The third-order valence-electron chi connectivity index (χ3n) is 8.99. The number of benzene rings is 2. The highest BCUT2D eigenvalue weighted by Crippen LogP contribution is 2.29. The third kappa shape index (κ3) is 17.2. The molecule has 0 amide bonds. The summed E-state index contributed by atoms with van der Waals surface area (Å²) in [6.07, 6.45) is 18.0. The highest BCUT2D eigenvalue weighted by molar-refractivity contribution is 5.58. The van der Waals surface area contributed by atoms with Crippen molar-refractivity contribution in [3.05, 3.63) is 72.6 Å². The van der Waals surface area contributed by atoms with Crippen molar-refractivity contribution < 1.29 is 40.9 Å². The summed E-state index contributed by atoms with van der Waals surface area (Å²) in [7, 11) is 0. The number of rotatable bonds is 26. The minimum Gasteiger partial charge on any atom is -0.490 e. The topological polar surface area (TPSA) is 88.5 Å². The zero-order valence-corrected chi connectivity index (χ0v) is 33.9. The third-order valence-corrected chi connectivity index (χ3v) is 8.99. The van der Waals surface area contributed by atoms with Crippen molar-refractivity contribution in [1.29, 1.82) is 0 Å². The maximum atomic E-state index is 14.4. The molecule has 0 fully saturated rings. The van der Waals surface area contributed by atoms with E-state index in [4.69, 9.17) is 18.9 Å². The predicted molar refractivity (Wildman–Crippen MR) is 214 cm³/mol. The highest BCUT2D eigenvalue weighted by atomic mass is 19.2. The van der Waals surface area contributed by atoms with Crippen LogP contribution in [0.25, 0.3) is 22.8 Å². The molecule has 0 aliphatic rings. The van der Waals surface area contributed by atoms with Gasteiger partial charge in [-0.25, -0.2) is 37.5 Å². The SMILES string of the molecule is CCCCCCCCOc1ccc(-c2ncc(OCC(F)CC)cn2)c(F)c1F.CCCCCCCCOc1cnc(-c2ccc(OCC(F)CC)c(F)c2)nc1. The van der Waals surface area contributed by atoms with E-state index >= 15 is 0 Å². The second-order valence-electron chi connectivity index (χ2n) is 13.7. The van der Waals surface area contributed by atoms with Crippen molar-refractivity contribution in [2.45, 2.75) is 130 Å². The van der Waals surface area contributed by atoms with Gasteiger partial charge in [0.1, 0.15) is 25.6 Å². The Morgan fingerprint density at radius 2 is 1.00 bits per heavy atom. The van der Waals surface area contributed by atoms with Crippen molar-refractivity contribution in [3.63, 3.8) is 0 Å². The summed E-state index contributed by atoms with van der Waals surface area (Å²) >= 11 is 0. The number of hydrogen-bond acceptors (Lipinski definition) is 8. The van der Waals surface area contributed by atoms with Gasteiger partial charge in [-0.1, -0.05) is 91.9 Å². The highest BCUT2D eigenvalue weighted by Gasteiger charge is 2.18. The molecule has 13 heteroatoms. The minimum atomic E-state index is -1.11. The Morgan fingerprint density at radius 1 is 0.509 bits per heavy atom. The van der Waals surface area contributed by atoms with Crippen LogP contribution in [0.15, 0.2) is 55.1 Å². The van der Waals surface area contributed by atoms with Gasteiger partial charge in [-0.2, -0.15) is 4.39 Å². The standard InChI is InChI=1S/C22H29F3N2O2.C22H30F2N2O2/c1-3-5-6-7-8-9-12-28-19-11-10-18(20(24)21(19)25)22-26-13-17(14-27-22)29-15-16(23)4-2;1-3-5-6-7-8-9-12-27-19-14-25-22(26-15-19)17-10-11-21(20(24)13-17)28-16-18(23)4-2/h10-11,13-14,16H,3-9,12,15H2,1-2H3;10-11,13-15,18H,3-9,12,16H2,1-2H3. The van der Waals surface area contributed by atoms with E-state index in [1.165, 1.54) is 81.6 Å². The fourth-order valence-electron chi connectivity index (χ4n) is 5.38. The number of nitrogens with zero attached hydrogens (tertiary/aromatic N) is 4. The maximum absolute atomic E-state index is 14.4. The van der Waals surface area contributed by atoms with E-state index in [0.717, 1.165) is 32.1 Å². The normalized spacial score (nSPS) is 12.0. The lowest BCUT2D eigenvalue weighted by Crippen LogP contribution is -2.12. The molecule has 0 aliphatic heterocycles. The molecule has 57 heavy (non-hydrogen) atoms. The van der Waals surface area contributed by atoms with Crippen LogP contribution in [0.4, 0.5) is 22.0 Å². The Balaban J connectivity index is 0.000000306. The Kier molecular flexibility index (Phi) is 22.3. The molecule has 0 bridgehead atoms. The monoisotopic (exact) mass is 802 g/mol. The molecule has 2 atom stereocenters. The molecular formula is C44H59F5N4O4. The predicted octanol–water partition coefficient (Wildman–Crippen LogP) is 12.4. The van der Waals surface area contributed by atoms with Crippen LogP contribution in [0.3, 0.4) is 0 Å². The van der Waals surface area contributed by atoms with Crippen LogP contribution in [0.2, 0.25) is 0 Å². The molecule has 0 saturated heterocycles. The summed E-state index contributed by atoms with van der Waals surface area (Å²) in [5.74, 6) is -1.48. The van der Waals surface area contributed by atoms with E-state index in [9.17, 15) is 22.0 Å². The molecule has 4 aromatic rings. The van der Waals surface area contributed by atoms with Gasteiger partial charge < -0.3 is 18.9 Å². The van der Waals surface area contributed by atoms with Crippen LogP contribution >= 0.6 is 0 Å². The van der Waals surface area contributed by atoms with Gasteiger partial charge in [-0.3, -0.25) is 0 Å². The molecule has 314 valence electrons. The van der Waals surface area contributed by atoms with Crippen LogP contribution in [0.5, 0.6) is 23.0 Å². The first-order valence-corrected chi connectivity index (χ1v) is 20.4. The van der Waals surface area contributed by atoms with E-state index in [-0.39, 0.29) is 41.9 Å². The number of unbranched alkanes of at least 4 members (excludes halogenated alkanes) is 10. The number of hydrogen-bond donors (Lipinski definition) is 0. The zero-order chi connectivity index (χ0) is 41.3. The van der Waals surface area contributed by atoms with Crippen molar-refractivity contribution in [1.82, 2.24) is 19.9 Å². The molecule has 0 aliphatic carbocycles. The quantitative estimate of drug-likeness (QED) is 0.0458. The van der Waals surface area contributed by atoms with Gasteiger partial charge >= 0.3 is 0 Å². The lowest BCUT2D eigenvalue weighted by molar-refractivity contribution is 0.186. The van der Waals surface area contributed by atoms with Gasteiger partial charge in [-0.05, 0) is 56.0 Å². The Hall–Kier alpha value is -4.55. The van der Waals surface area contributed by atoms with Gasteiger partial charge in [0.05, 0.1) is 43.6 Å². The fourth-order valence-corrected chi connectivity index (χ4v) is 5.38. The van der Waals surface area contributed by atoms with Crippen LogP contribution in [-0.2, 0) is 0 Å². The molecule has 0 radical (unpaired) electrons. The Bertz CT molecular complexity index is 1690. The summed E-state index contributed by atoms with van der Waals surface area (Å²) in [4.78, 5) is 16.5. The van der Waals surface area contributed by atoms with Gasteiger partial charge in [0.25, 0.3) is 0 Å². The molecule has 8 nitrogen and oxygen atoms in total. The zero-order valence-electron chi connectivity index (χ0n) is 33.9. The number of ether oxygens (including phenoxy) is 4. The summed E-state index contributed by atoms with van der Waals surface area (Å²) in [5.41, 5.74) is 0.456. The first-order valence-electron chi connectivity index (χ1n) is 20.4. The van der Waals surface area contributed by atoms with Crippen LogP contribution in [-0.4, -0.2) is 58.7 Å². The largest absolute Gasteiger partial charge is 0.490 e. The number of aromatic nitrogens is 4. The van der Waals surface area contributed by atoms with E-state index in [0.29, 0.717) is 43.2 Å². The first kappa shape index (κ1) is 46.8. The molecule has 0 spiro atoms. The minimum absolute atomic E-state index is 0.0171. The van der Waals surface area contributed by atoms with Crippen LogP contribution in [0, 0.1) is 17.5 Å².